The summed E-state index contributed by atoms with van der Waals surface area (Å²) in [6.07, 6.45) is 0. The van der Waals surface area contributed by atoms with Gasteiger partial charge in [-0.05, 0) is 0 Å². The first-order valence-electron chi connectivity index (χ1n) is 9.69. The van der Waals surface area contributed by atoms with Crippen molar-refractivity contribution in [1.29, 1.82) is 0 Å². The van der Waals surface area contributed by atoms with Crippen molar-refractivity contribution in [3.8, 4) is 22.6 Å². The molecule has 0 aliphatic heterocycles. The maximum atomic E-state index is 10.3. The predicted octanol–water partition coefficient (Wildman–Crippen LogP) is 3.82. The molecule has 150 valence electrons. The third-order valence-corrected chi connectivity index (χ3v) is 9.22. The molecule has 0 heterocycles. The zero-order chi connectivity index (χ0) is 20.8. The first-order chi connectivity index (χ1) is 14.7. The molecule has 2 N–H and O–H groups in total. The number of phenols is 2. The van der Waals surface area contributed by atoms with E-state index < -0.39 is 0 Å². The van der Waals surface area contributed by atoms with Crippen molar-refractivity contribution >= 4 is 38.8 Å². The Labute approximate surface area is 189 Å². The van der Waals surface area contributed by atoms with Crippen LogP contribution in [0.2, 0.25) is 0 Å². The molecule has 4 aromatic rings. The number of rotatable bonds is 7. The normalized spacial score (nSPS) is 10.8. The van der Waals surface area contributed by atoms with E-state index in [-0.39, 0.29) is 29.9 Å². The molecule has 0 aliphatic carbocycles. The van der Waals surface area contributed by atoms with Gasteiger partial charge in [0.1, 0.15) is 0 Å². The van der Waals surface area contributed by atoms with Gasteiger partial charge in [0.15, 0.2) is 0 Å². The summed E-state index contributed by atoms with van der Waals surface area (Å²) in [7, 11) is 0. The molecular formula is C26H22O2Se2. The van der Waals surface area contributed by atoms with E-state index in [0.717, 1.165) is 32.9 Å². The molecule has 0 bridgehead atoms. The van der Waals surface area contributed by atoms with Gasteiger partial charge in [-0.2, -0.15) is 0 Å². The van der Waals surface area contributed by atoms with Crippen molar-refractivity contribution in [1.82, 2.24) is 0 Å². The molecule has 0 fully saturated rings. The SMILES string of the molecule is Oc1ccc(-c2ccc(O)c(C[Se]c3ccccc3)c2)cc1C[Se]c1ccccc1. The van der Waals surface area contributed by atoms with E-state index in [1.165, 1.54) is 8.92 Å². The maximum absolute atomic E-state index is 10.3. The van der Waals surface area contributed by atoms with E-state index in [4.69, 9.17) is 0 Å². The second kappa shape index (κ2) is 10.0. The first kappa shape index (κ1) is 20.8. The van der Waals surface area contributed by atoms with Crippen LogP contribution in [0, 0.1) is 0 Å². The van der Waals surface area contributed by atoms with Crippen LogP contribution in [0.5, 0.6) is 11.5 Å². The van der Waals surface area contributed by atoms with Crippen LogP contribution in [-0.2, 0) is 10.6 Å². The van der Waals surface area contributed by atoms with Crippen LogP contribution in [-0.4, -0.2) is 40.1 Å². The second-order valence-electron chi connectivity index (χ2n) is 6.89. The molecule has 0 aromatic heterocycles. The molecule has 4 heteroatoms. The van der Waals surface area contributed by atoms with Crippen LogP contribution in [0.3, 0.4) is 0 Å². The van der Waals surface area contributed by atoms with Gasteiger partial charge in [-0.25, -0.2) is 0 Å². The summed E-state index contributed by atoms with van der Waals surface area (Å²) >= 11 is 0.547. The van der Waals surface area contributed by atoms with E-state index in [9.17, 15) is 10.2 Å². The number of phenolic OH excluding ortho intramolecular Hbond substituents is 2. The minimum absolute atomic E-state index is 0.273. The van der Waals surface area contributed by atoms with Crippen molar-refractivity contribution in [3.05, 3.63) is 108 Å². The molecule has 4 rings (SSSR count). The molecule has 30 heavy (non-hydrogen) atoms. The summed E-state index contributed by atoms with van der Waals surface area (Å²) in [4.78, 5) is 0. The molecule has 0 aliphatic rings. The third-order valence-electron chi connectivity index (χ3n) is 4.77. The predicted molar refractivity (Wildman–Crippen MR) is 126 cm³/mol. The molecule has 4 aromatic carbocycles. The zero-order valence-electron chi connectivity index (χ0n) is 16.4. The van der Waals surface area contributed by atoms with Gasteiger partial charge < -0.3 is 0 Å². The first-order valence-corrected chi connectivity index (χ1v) is 13.8. The Morgan fingerprint density at radius 1 is 0.500 bits per heavy atom. The summed E-state index contributed by atoms with van der Waals surface area (Å²) < 4.78 is 2.65. The third kappa shape index (κ3) is 5.36. The minimum atomic E-state index is 0.273. The van der Waals surface area contributed by atoms with Crippen LogP contribution < -0.4 is 8.92 Å². The van der Waals surface area contributed by atoms with E-state index in [1.54, 1.807) is 12.1 Å². The zero-order valence-corrected chi connectivity index (χ0v) is 19.8. The fraction of sp³-hybridized carbons (Fsp3) is 0.0769. The summed E-state index contributed by atoms with van der Waals surface area (Å²) in [6, 6.07) is 32.5. The Balaban J connectivity index is 1.53. The van der Waals surface area contributed by atoms with Gasteiger partial charge in [0.05, 0.1) is 0 Å². The Bertz CT molecular complexity index is 1020. The van der Waals surface area contributed by atoms with Crippen LogP contribution in [0.25, 0.3) is 11.1 Å². The van der Waals surface area contributed by atoms with E-state index in [1.807, 2.05) is 24.3 Å². The Kier molecular flexibility index (Phi) is 6.94. The molecule has 0 radical (unpaired) electrons. The number of hydrogen-bond donors (Lipinski definition) is 2. The molecule has 0 saturated heterocycles. The van der Waals surface area contributed by atoms with E-state index in [0.29, 0.717) is 11.5 Å². The standard InChI is InChI=1S/C26H22O2Se2/c27-25-13-11-19(15-21(25)17-29-23-7-3-1-4-8-23)20-12-14-26(28)22(16-20)18-30-24-9-5-2-6-10-24/h1-16,27-28H,17-18H2. The van der Waals surface area contributed by atoms with Gasteiger partial charge >= 0.3 is 191 Å². The molecule has 0 unspecified atom stereocenters. The number of aromatic hydroxyl groups is 2. The molecule has 0 spiro atoms. The van der Waals surface area contributed by atoms with Crippen molar-refractivity contribution in [2.24, 2.45) is 0 Å². The molecule has 2 nitrogen and oxygen atoms in total. The van der Waals surface area contributed by atoms with Gasteiger partial charge in [0, 0.05) is 0 Å². The Hall–Kier alpha value is -2.48. The van der Waals surface area contributed by atoms with E-state index >= 15 is 0 Å². The molecular weight excluding hydrogens is 502 g/mol. The fourth-order valence-corrected chi connectivity index (χ4v) is 6.91. The van der Waals surface area contributed by atoms with Crippen LogP contribution in [0.1, 0.15) is 11.1 Å². The topological polar surface area (TPSA) is 40.5 Å². The molecule has 0 amide bonds. The van der Waals surface area contributed by atoms with Crippen LogP contribution in [0.4, 0.5) is 0 Å². The monoisotopic (exact) mass is 526 g/mol. The molecule has 0 atom stereocenters. The quantitative estimate of drug-likeness (QED) is 0.361. The van der Waals surface area contributed by atoms with Crippen molar-refractivity contribution in [2.75, 3.05) is 0 Å². The van der Waals surface area contributed by atoms with Crippen molar-refractivity contribution in [3.63, 3.8) is 0 Å². The number of benzene rings is 4. The Morgan fingerprint density at radius 3 is 1.30 bits per heavy atom. The Morgan fingerprint density at radius 2 is 0.900 bits per heavy atom. The van der Waals surface area contributed by atoms with Crippen molar-refractivity contribution in [2.45, 2.75) is 10.6 Å². The average molecular weight is 524 g/mol. The summed E-state index contributed by atoms with van der Waals surface area (Å²) in [5, 5.41) is 22.4. The average Bonchev–Trinajstić information content (AvgIpc) is 2.79. The van der Waals surface area contributed by atoms with E-state index in [2.05, 4.69) is 60.7 Å². The summed E-state index contributed by atoms with van der Waals surface area (Å²) in [5.74, 6) is 0.700. The van der Waals surface area contributed by atoms with Gasteiger partial charge in [-0.3, -0.25) is 0 Å². The number of hydrogen-bond acceptors (Lipinski definition) is 2. The van der Waals surface area contributed by atoms with Gasteiger partial charge in [-0.15, -0.1) is 0 Å². The molecule has 0 saturated carbocycles. The van der Waals surface area contributed by atoms with Gasteiger partial charge in [-0.1, -0.05) is 0 Å². The fourth-order valence-electron chi connectivity index (χ4n) is 3.12. The van der Waals surface area contributed by atoms with Crippen molar-refractivity contribution < 1.29 is 10.2 Å². The summed E-state index contributed by atoms with van der Waals surface area (Å²) in [5.41, 5.74) is 4.08. The van der Waals surface area contributed by atoms with Crippen LogP contribution in [0.15, 0.2) is 97.1 Å². The summed E-state index contributed by atoms with van der Waals surface area (Å²) in [6.45, 7) is 0. The van der Waals surface area contributed by atoms with Gasteiger partial charge in [0.25, 0.3) is 0 Å². The van der Waals surface area contributed by atoms with Crippen LogP contribution >= 0.6 is 0 Å². The van der Waals surface area contributed by atoms with Gasteiger partial charge in [0.2, 0.25) is 0 Å². The second-order valence-corrected chi connectivity index (χ2v) is 11.3.